The maximum Gasteiger partial charge on any atom is 0.0798 e. The van der Waals surface area contributed by atoms with Crippen LogP contribution in [0.3, 0.4) is 0 Å². The first-order valence-corrected chi connectivity index (χ1v) is 7.47. The first-order chi connectivity index (χ1) is 10.3. The number of rotatable bonds is 2. The van der Waals surface area contributed by atoms with Crippen LogP contribution in [0.15, 0.2) is 66.3 Å². The highest BCUT2D eigenvalue weighted by Crippen LogP contribution is 2.47. The van der Waals surface area contributed by atoms with Gasteiger partial charge in [0.25, 0.3) is 0 Å². The molecule has 1 aromatic heterocycles. The van der Waals surface area contributed by atoms with E-state index in [1.165, 1.54) is 0 Å². The van der Waals surface area contributed by atoms with Gasteiger partial charge in [-0.3, -0.25) is 4.98 Å². The first kappa shape index (κ1) is 13.8. The Morgan fingerprint density at radius 2 is 1.67 bits per heavy atom. The van der Waals surface area contributed by atoms with Crippen molar-refractivity contribution in [3.05, 3.63) is 77.4 Å². The number of aromatic nitrogens is 1. The lowest BCUT2D eigenvalue weighted by molar-refractivity contribution is 1.34. The zero-order chi connectivity index (χ0) is 14.8. The maximum absolute atomic E-state index is 4.57. The van der Waals surface area contributed by atoms with E-state index in [-0.39, 0.29) is 0 Å². The summed E-state index contributed by atoms with van der Waals surface area (Å²) < 4.78 is 1.05. The van der Waals surface area contributed by atoms with Gasteiger partial charge in [-0.15, -0.1) is 0 Å². The molecule has 1 aliphatic rings. The summed E-state index contributed by atoms with van der Waals surface area (Å²) in [5.41, 5.74) is 6.39. The van der Waals surface area contributed by atoms with Crippen molar-refractivity contribution in [3.8, 4) is 22.4 Å². The molecule has 0 atom stereocenters. The third kappa shape index (κ3) is 2.22. The molecule has 1 aromatic carbocycles. The van der Waals surface area contributed by atoms with Crippen LogP contribution in [-0.2, 0) is 0 Å². The highest BCUT2D eigenvalue weighted by atomic mass is 79.9. The molecular formula is C19H14BrN. The molecular weight excluding hydrogens is 322 g/mol. The van der Waals surface area contributed by atoms with Crippen LogP contribution >= 0.6 is 15.9 Å². The van der Waals surface area contributed by atoms with E-state index >= 15 is 0 Å². The first-order valence-electron chi connectivity index (χ1n) is 6.68. The molecule has 1 heterocycles. The van der Waals surface area contributed by atoms with Crippen LogP contribution in [0, 0.1) is 0 Å². The Bertz CT molecular complexity index is 805. The van der Waals surface area contributed by atoms with E-state index in [2.05, 4.69) is 46.2 Å². The smallest absolute Gasteiger partial charge is 0.0798 e. The molecule has 0 amide bonds. The fourth-order valence-electron chi connectivity index (χ4n) is 2.59. The Kier molecular flexibility index (Phi) is 3.72. The third-order valence-corrected chi connectivity index (χ3v) is 4.38. The van der Waals surface area contributed by atoms with Crippen LogP contribution in [0.25, 0.3) is 34.5 Å². The summed E-state index contributed by atoms with van der Waals surface area (Å²) in [4.78, 5) is 4.57. The summed E-state index contributed by atoms with van der Waals surface area (Å²) in [5, 5.41) is 0. The summed E-state index contributed by atoms with van der Waals surface area (Å²) in [5.74, 6) is 0. The molecule has 3 rings (SSSR count). The van der Waals surface area contributed by atoms with Crippen LogP contribution in [0.5, 0.6) is 0 Å². The third-order valence-electron chi connectivity index (χ3n) is 3.56. The molecule has 0 spiro atoms. The van der Waals surface area contributed by atoms with Crippen molar-refractivity contribution in [1.29, 1.82) is 0 Å². The van der Waals surface area contributed by atoms with Gasteiger partial charge in [0.05, 0.1) is 5.69 Å². The quantitative estimate of drug-likeness (QED) is 0.567. The van der Waals surface area contributed by atoms with E-state index in [0.29, 0.717) is 0 Å². The minimum absolute atomic E-state index is 0.980. The van der Waals surface area contributed by atoms with E-state index < -0.39 is 0 Å². The predicted octanol–water partition coefficient (Wildman–Crippen LogP) is 5.90. The van der Waals surface area contributed by atoms with Crippen molar-refractivity contribution >= 4 is 28.1 Å². The van der Waals surface area contributed by atoms with Crippen molar-refractivity contribution in [3.63, 3.8) is 0 Å². The van der Waals surface area contributed by atoms with Crippen molar-refractivity contribution in [2.75, 3.05) is 0 Å². The molecule has 0 aliphatic heterocycles. The zero-order valence-corrected chi connectivity index (χ0v) is 13.1. The topological polar surface area (TPSA) is 12.9 Å². The van der Waals surface area contributed by atoms with E-state index in [0.717, 1.165) is 38.0 Å². The van der Waals surface area contributed by atoms with Gasteiger partial charge in [0, 0.05) is 21.8 Å². The summed E-state index contributed by atoms with van der Waals surface area (Å²) in [6.45, 7) is 7.89. The van der Waals surface area contributed by atoms with Crippen LogP contribution < -0.4 is 0 Å². The molecule has 2 bridgehead atoms. The molecule has 0 saturated carbocycles. The van der Waals surface area contributed by atoms with Gasteiger partial charge in [-0.25, -0.2) is 0 Å². The van der Waals surface area contributed by atoms with Crippen LogP contribution in [-0.4, -0.2) is 4.98 Å². The Hall–Kier alpha value is -2.19. The highest BCUT2D eigenvalue weighted by Gasteiger charge is 2.23. The predicted molar refractivity (Wildman–Crippen MR) is 94.2 cm³/mol. The van der Waals surface area contributed by atoms with Gasteiger partial charge in [-0.1, -0.05) is 61.7 Å². The van der Waals surface area contributed by atoms with Crippen molar-refractivity contribution in [1.82, 2.24) is 4.98 Å². The molecule has 0 N–H and O–H groups in total. The summed E-state index contributed by atoms with van der Waals surface area (Å²) in [7, 11) is 0. The molecule has 2 aromatic rings. The molecule has 1 aliphatic carbocycles. The lowest BCUT2D eigenvalue weighted by Gasteiger charge is -2.05. The van der Waals surface area contributed by atoms with Crippen molar-refractivity contribution in [2.45, 2.75) is 0 Å². The van der Waals surface area contributed by atoms with Gasteiger partial charge in [-0.05, 0) is 38.7 Å². The normalized spacial score (nSPS) is 10.5. The minimum Gasteiger partial charge on any atom is -0.256 e. The molecule has 0 saturated heterocycles. The Morgan fingerprint density at radius 1 is 0.905 bits per heavy atom. The minimum atomic E-state index is 0.980. The van der Waals surface area contributed by atoms with Crippen molar-refractivity contribution in [2.24, 2.45) is 0 Å². The Labute approximate surface area is 133 Å². The fraction of sp³-hybridized carbons (Fsp3) is 0. The molecule has 0 unspecified atom stereocenters. The summed E-state index contributed by atoms with van der Waals surface area (Å²) in [6, 6.07) is 14.2. The van der Waals surface area contributed by atoms with Gasteiger partial charge < -0.3 is 0 Å². The highest BCUT2D eigenvalue weighted by molar-refractivity contribution is 9.10. The lowest BCUT2D eigenvalue weighted by Crippen LogP contribution is -1.86. The standard InChI is InChI=1S/C19H14BrN/c1-3-13-9-6-5-7-10-15-16-11-8-12-21-19(16)17(18(15)20)14(13)4-2/h3-12H,1-2H2. The Morgan fingerprint density at radius 3 is 2.43 bits per heavy atom. The monoisotopic (exact) mass is 335 g/mol. The molecule has 1 nitrogen and oxygen atoms in total. The maximum atomic E-state index is 4.57. The SMILES string of the molecule is C=Cc1cccccc2c(Br)c(c1C=C)-c1ncccc1-2. The van der Waals surface area contributed by atoms with Crippen LogP contribution in [0.2, 0.25) is 0 Å². The van der Waals surface area contributed by atoms with Crippen molar-refractivity contribution < 1.29 is 0 Å². The average molecular weight is 336 g/mol. The molecule has 2 heteroatoms. The zero-order valence-electron chi connectivity index (χ0n) is 11.5. The number of pyridine rings is 1. The van der Waals surface area contributed by atoms with Crippen LogP contribution in [0.1, 0.15) is 11.1 Å². The van der Waals surface area contributed by atoms with Crippen LogP contribution in [0.4, 0.5) is 0 Å². The molecule has 102 valence electrons. The summed E-state index contributed by atoms with van der Waals surface area (Å²) in [6.07, 6.45) is 5.53. The molecule has 0 radical (unpaired) electrons. The number of hydrogen-bond donors (Lipinski definition) is 0. The van der Waals surface area contributed by atoms with Gasteiger partial charge in [0.2, 0.25) is 0 Å². The molecule has 21 heavy (non-hydrogen) atoms. The van der Waals surface area contributed by atoms with E-state index in [1.54, 1.807) is 0 Å². The number of fused-ring (bicyclic) bond motifs is 5. The van der Waals surface area contributed by atoms with E-state index in [9.17, 15) is 0 Å². The lowest BCUT2D eigenvalue weighted by atomic mass is 10.0. The van der Waals surface area contributed by atoms with Gasteiger partial charge in [-0.2, -0.15) is 0 Å². The van der Waals surface area contributed by atoms with E-state index in [4.69, 9.17) is 0 Å². The second kappa shape index (κ2) is 5.66. The number of hydrogen-bond acceptors (Lipinski definition) is 1. The Balaban J connectivity index is 2.57. The van der Waals surface area contributed by atoms with Gasteiger partial charge in [0.1, 0.15) is 0 Å². The molecule has 0 fully saturated rings. The van der Waals surface area contributed by atoms with Gasteiger partial charge >= 0.3 is 0 Å². The van der Waals surface area contributed by atoms with Gasteiger partial charge in [0.15, 0.2) is 0 Å². The summed E-state index contributed by atoms with van der Waals surface area (Å²) >= 11 is 3.74. The fourth-order valence-corrected chi connectivity index (χ4v) is 3.34. The largest absolute Gasteiger partial charge is 0.256 e. The number of halogens is 1. The average Bonchev–Trinajstić information content (AvgIpc) is 2.77. The van der Waals surface area contributed by atoms with E-state index in [1.807, 2.05) is 48.7 Å². The second-order valence-electron chi connectivity index (χ2n) is 4.69. The second-order valence-corrected chi connectivity index (χ2v) is 5.48. The number of nitrogens with zero attached hydrogens (tertiary/aromatic N) is 1.